The van der Waals surface area contributed by atoms with Crippen molar-refractivity contribution in [3.8, 4) is 11.3 Å². The minimum Gasteiger partial charge on any atom is -0.344 e. The number of carbonyl (C=O) groups excluding carboxylic acids is 1. The van der Waals surface area contributed by atoms with Crippen molar-refractivity contribution in [3.63, 3.8) is 0 Å². The molecule has 0 bridgehead atoms. The summed E-state index contributed by atoms with van der Waals surface area (Å²) in [5.41, 5.74) is 4.00. The van der Waals surface area contributed by atoms with E-state index in [-0.39, 0.29) is 23.2 Å². The van der Waals surface area contributed by atoms with Gasteiger partial charge in [0.05, 0.1) is 17.9 Å². The van der Waals surface area contributed by atoms with Gasteiger partial charge in [0.15, 0.2) is 0 Å². The Labute approximate surface area is 183 Å². The molecule has 0 aliphatic carbocycles. The fourth-order valence-corrected chi connectivity index (χ4v) is 3.49. The summed E-state index contributed by atoms with van der Waals surface area (Å²) in [5, 5.41) is 0. The Hall–Kier alpha value is -3.02. The Balaban J connectivity index is 1.81. The van der Waals surface area contributed by atoms with Gasteiger partial charge in [-0.05, 0) is 29.5 Å². The maximum Gasteiger partial charge on any atom is 0.219 e. The smallest absolute Gasteiger partial charge is 0.219 e. The van der Waals surface area contributed by atoms with Crippen LogP contribution >= 0.6 is 0 Å². The number of rotatable bonds is 8. The van der Waals surface area contributed by atoms with Crippen molar-refractivity contribution >= 4 is 5.91 Å². The van der Waals surface area contributed by atoms with Gasteiger partial charge < -0.3 is 9.88 Å². The lowest BCUT2D eigenvalue weighted by atomic mass is 9.85. The molecule has 0 saturated heterocycles. The summed E-state index contributed by atoms with van der Waals surface area (Å²) in [4.78, 5) is 26.1. The molecular formula is C25H31FN4O. The van der Waals surface area contributed by atoms with Crippen LogP contribution in [0.1, 0.15) is 57.2 Å². The van der Waals surface area contributed by atoms with Crippen LogP contribution in [0.25, 0.3) is 11.3 Å². The van der Waals surface area contributed by atoms with E-state index in [0.717, 1.165) is 41.2 Å². The van der Waals surface area contributed by atoms with E-state index in [4.69, 9.17) is 0 Å². The predicted octanol–water partition coefficient (Wildman–Crippen LogP) is 5.35. The number of nitrogens with zero attached hydrogens (tertiary/aromatic N) is 3. The molecule has 0 radical (unpaired) electrons. The summed E-state index contributed by atoms with van der Waals surface area (Å²) < 4.78 is 13.1. The normalized spacial score (nSPS) is 12.6. The van der Waals surface area contributed by atoms with Crippen molar-refractivity contribution in [1.82, 2.24) is 19.9 Å². The van der Waals surface area contributed by atoms with E-state index < -0.39 is 0 Å². The average molecular weight is 423 g/mol. The van der Waals surface area contributed by atoms with Crippen LogP contribution in [0.2, 0.25) is 0 Å². The first-order valence-corrected chi connectivity index (χ1v) is 10.7. The molecule has 2 heterocycles. The van der Waals surface area contributed by atoms with Crippen LogP contribution in [0.15, 0.2) is 48.8 Å². The molecule has 0 fully saturated rings. The lowest BCUT2D eigenvalue weighted by molar-refractivity contribution is -0.129. The van der Waals surface area contributed by atoms with Gasteiger partial charge in [0.25, 0.3) is 0 Å². The lowest BCUT2D eigenvalue weighted by Gasteiger charge is -2.26. The molecule has 31 heavy (non-hydrogen) atoms. The minimum atomic E-state index is -0.351. The quantitative estimate of drug-likeness (QED) is 0.532. The standard InChI is InChI=1S/C25H31FN4O/c1-6-25(3,4)14-21-16-28-24(29-21)23(30(5)17(2)31)13-18-7-9-19(10-8-18)22-12-11-20(26)15-27-22/h7-12,15-16,23H,6,13-14H2,1-5H3,(H,28,29). The van der Waals surface area contributed by atoms with Crippen molar-refractivity contribution in [1.29, 1.82) is 0 Å². The number of H-pyrrole nitrogens is 1. The number of pyridine rings is 1. The Bertz CT molecular complexity index is 1010. The van der Waals surface area contributed by atoms with E-state index in [1.165, 1.54) is 12.3 Å². The number of aromatic nitrogens is 3. The molecule has 2 aromatic heterocycles. The third-order valence-electron chi connectivity index (χ3n) is 5.96. The molecule has 0 saturated carbocycles. The molecule has 3 rings (SSSR count). The average Bonchev–Trinajstić information content (AvgIpc) is 3.20. The van der Waals surface area contributed by atoms with Crippen molar-refractivity contribution in [2.75, 3.05) is 7.05 Å². The first kappa shape index (κ1) is 22.7. The van der Waals surface area contributed by atoms with Gasteiger partial charge in [0.2, 0.25) is 5.91 Å². The second-order valence-electron chi connectivity index (χ2n) is 8.90. The van der Waals surface area contributed by atoms with Gasteiger partial charge in [-0.15, -0.1) is 0 Å². The Morgan fingerprint density at radius 1 is 1.13 bits per heavy atom. The van der Waals surface area contributed by atoms with Gasteiger partial charge in [0.1, 0.15) is 11.6 Å². The van der Waals surface area contributed by atoms with Crippen LogP contribution in [0, 0.1) is 11.2 Å². The van der Waals surface area contributed by atoms with Crippen molar-refractivity contribution < 1.29 is 9.18 Å². The molecule has 0 spiro atoms. The molecule has 1 atom stereocenters. The molecule has 6 heteroatoms. The summed E-state index contributed by atoms with van der Waals surface area (Å²) in [5.74, 6) is 0.434. The maximum atomic E-state index is 13.1. The maximum absolute atomic E-state index is 13.1. The first-order valence-electron chi connectivity index (χ1n) is 10.7. The van der Waals surface area contributed by atoms with Gasteiger partial charge in [-0.3, -0.25) is 9.78 Å². The molecule has 1 N–H and O–H groups in total. The Morgan fingerprint density at radius 2 is 1.84 bits per heavy atom. The van der Waals surface area contributed by atoms with Crippen molar-refractivity contribution in [3.05, 3.63) is 71.7 Å². The van der Waals surface area contributed by atoms with Crippen molar-refractivity contribution in [2.24, 2.45) is 5.41 Å². The van der Waals surface area contributed by atoms with Gasteiger partial charge in [-0.25, -0.2) is 9.37 Å². The number of amides is 1. The Morgan fingerprint density at radius 3 is 2.42 bits per heavy atom. The van der Waals surface area contributed by atoms with E-state index in [2.05, 4.69) is 35.7 Å². The minimum absolute atomic E-state index is 0.0102. The summed E-state index contributed by atoms with van der Waals surface area (Å²) in [6.45, 7) is 8.24. The highest BCUT2D eigenvalue weighted by molar-refractivity contribution is 5.73. The van der Waals surface area contributed by atoms with Crippen LogP contribution < -0.4 is 0 Å². The fraction of sp³-hybridized carbons (Fsp3) is 0.400. The summed E-state index contributed by atoms with van der Waals surface area (Å²) >= 11 is 0. The van der Waals surface area contributed by atoms with Crippen molar-refractivity contribution in [2.45, 2.75) is 53.0 Å². The number of likely N-dealkylation sites (N-methyl/N-ethyl adjacent to an activating group) is 1. The largest absolute Gasteiger partial charge is 0.344 e. The number of imidazole rings is 1. The van der Waals surface area contributed by atoms with Gasteiger partial charge >= 0.3 is 0 Å². The highest BCUT2D eigenvalue weighted by Crippen LogP contribution is 2.28. The first-order chi connectivity index (χ1) is 14.7. The second kappa shape index (κ2) is 9.41. The zero-order valence-corrected chi connectivity index (χ0v) is 18.9. The van der Waals surface area contributed by atoms with Crippen LogP contribution in [0.5, 0.6) is 0 Å². The van der Waals surface area contributed by atoms with Crippen LogP contribution in [-0.2, 0) is 17.6 Å². The molecular weight excluding hydrogens is 391 g/mol. The van der Waals surface area contributed by atoms with Gasteiger partial charge in [0, 0.05) is 37.8 Å². The third-order valence-corrected chi connectivity index (χ3v) is 5.96. The molecule has 164 valence electrons. The van der Waals surface area contributed by atoms with Crippen LogP contribution in [-0.4, -0.2) is 32.8 Å². The van der Waals surface area contributed by atoms with Gasteiger partial charge in [-0.2, -0.15) is 0 Å². The van der Waals surface area contributed by atoms with E-state index in [9.17, 15) is 9.18 Å². The number of hydrogen-bond donors (Lipinski definition) is 1. The van der Waals surface area contributed by atoms with E-state index in [1.54, 1.807) is 17.9 Å². The summed E-state index contributed by atoms with van der Waals surface area (Å²) in [6, 6.07) is 10.9. The number of halogens is 1. The summed E-state index contributed by atoms with van der Waals surface area (Å²) in [6.07, 6.45) is 5.73. The Kier molecular flexibility index (Phi) is 6.88. The summed E-state index contributed by atoms with van der Waals surface area (Å²) in [7, 11) is 1.81. The number of aromatic amines is 1. The molecule has 3 aromatic rings. The zero-order chi connectivity index (χ0) is 22.6. The van der Waals surface area contributed by atoms with E-state index in [0.29, 0.717) is 6.42 Å². The number of nitrogens with one attached hydrogen (secondary N) is 1. The number of carbonyl (C=O) groups is 1. The molecule has 5 nitrogen and oxygen atoms in total. The topological polar surface area (TPSA) is 61.9 Å². The number of hydrogen-bond acceptors (Lipinski definition) is 3. The zero-order valence-electron chi connectivity index (χ0n) is 18.9. The third kappa shape index (κ3) is 5.78. The van der Waals surface area contributed by atoms with Gasteiger partial charge in [-0.1, -0.05) is 51.5 Å². The molecule has 0 aliphatic heterocycles. The highest BCUT2D eigenvalue weighted by atomic mass is 19.1. The number of benzene rings is 1. The second-order valence-corrected chi connectivity index (χ2v) is 8.90. The predicted molar refractivity (Wildman–Crippen MR) is 121 cm³/mol. The highest BCUT2D eigenvalue weighted by Gasteiger charge is 2.24. The monoisotopic (exact) mass is 422 g/mol. The van der Waals surface area contributed by atoms with E-state index >= 15 is 0 Å². The molecule has 1 aromatic carbocycles. The van der Waals surface area contributed by atoms with Crippen LogP contribution in [0.4, 0.5) is 4.39 Å². The van der Waals surface area contributed by atoms with E-state index in [1.807, 2.05) is 37.5 Å². The lowest BCUT2D eigenvalue weighted by Crippen LogP contribution is -2.31. The molecule has 1 unspecified atom stereocenters. The molecule has 1 amide bonds. The SMILES string of the molecule is CCC(C)(C)Cc1cnc(C(Cc2ccc(-c3ccc(F)cn3)cc2)N(C)C(C)=O)[nH]1. The van der Waals surface area contributed by atoms with Crippen LogP contribution in [0.3, 0.4) is 0 Å². The molecule has 0 aliphatic rings. The fourth-order valence-electron chi connectivity index (χ4n) is 3.49.